The molecule has 0 bridgehead atoms. The Morgan fingerprint density at radius 2 is 2.00 bits per heavy atom. The molecule has 5 heterocycles. The third-order valence-corrected chi connectivity index (χ3v) is 7.13. The van der Waals surface area contributed by atoms with Gasteiger partial charge in [-0.25, -0.2) is 14.5 Å². The molecule has 0 aliphatic carbocycles. The molecule has 2 saturated heterocycles. The van der Waals surface area contributed by atoms with Crippen LogP contribution < -0.4 is 4.90 Å². The van der Waals surface area contributed by atoms with Crippen molar-refractivity contribution >= 4 is 40.6 Å². The smallest absolute Gasteiger partial charge is 0.274 e. The quantitative estimate of drug-likeness (QED) is 0.562. The Balaban J connectivity index is 1.48. The Morgan fingerprint density at radius 1 is 1.18 bits per heavy atom. The van der Waals surface area contributed by atoms with Crippen LogP contribution in [0.3, 0.4) is 0 Å². The van der Waals surface area contributed by atoms with Gasteiger partial charge in [-0.05, 0) is 38.3 Å². The summed E-state index contributed by atoms with van der Waals surface area (Å²) in [5.74, 6) is 0.828. The number of aliphatic hydroxyl groups excluding tert-OH is 1. The summed E-state index contributed by atoms with van der Waals surface area (Å²) < 4.78 is 1.77. The van der Waals surface area contributed by atoms with E-state index in [4.69, 9.17) is 33.3 Å². The Bertz CT molecular complexity index is 1210. The van der Waals surface area contributed by atoms with Crippen LogP contribution >= 0.6 is 23.2 Å². The van der Waals surface area contributed by atoms with E-state index in [1.165, 1.54) is 0 Å². The lowest BCUT2D eigenvalue weighted by molar-refractivity contribution is 0.0600. The Hall–Kier alpha value is -2.42. The SMILES string of the molecule is Cc1cn2nc([C@@H]3CCCCN3C(=O)c3nc(Cl)ccc3Cl)cc2nc1N1C[C@@H](C)[C@@H](O)C1. The van der Waals surface area contributed by atoms with Crippen LogP contribution in [0.5, 0.6) is 0 Å². The molecule has 2 aliphatic heterocycles. The van der Waals surface area contributed by atoms with Crippen molar-refractivity contribution in [1.29, 1.82) is 0 Å². The summed E-state index contributed by atoms with van der Waals surface area (Å²) in [5, 5.41) is 15.5. The fourth-order valence-electron chi connectivity index (χ4n) is 4.81. The van der Waals surface area contributed by atoms with E-state index < -0.39 is 0 Å². The highest BCUT2D eigenvalue weighted by Gasteiger charge is 2.33. The van der Waals surface area contributed by atoms with Crippen molar-refractivity contribution in [3.63, 3.8) is 0 Å². The van der Waals surface area contributed by atoms with Crippen LogP contribution in [0.15, 0.2) is 24.4 Å². The topological polar surface area (TPSA) is 86.9 Å². The molecule has 8 nitrogen and oxygen atoms in total. The van der Waals surface area contributed by atoms with Gasteiger partial charge in [0.2, 0.25) is 0 Å². The number of piperidine rings is 1. The fraction of sp³-hybridized carbons (Fsp3) is 0.478. The first-order valence-corrected chi connectivity index (χ1v) is 12.0. The van der Waals surface area contributed by atoms with Crippen molar-refractivity contribution < 1.29 is 9.90 Å². The number of aliphatic hydroxyl groups is 1. The maximum absolute atomic E-state index is 13.4. The minimum Gasteiger partial charge on any atom is -0.391 e. The van der Waals surface area contributed by atoms with E-state index in [9.17, 15) is 9.90 Å². The van der Waals surface area contributed by atoms with Crippen LogP contribution in [-0.2, 0) is 0 Å². The second-order valence-corrected chi connectivity index (χ2v) is 9.84. The van der Waals surface area contributed by atoms with E-state index in [1.807, 2.05) is 26.1 Å². The molecule has 0 radical (unpaired) electrons. The van der Waals surface area contributed by atoms with Gasteiger partial charge >= 0.3 is 0 Å². The summed E-state index contributed by atoms with van der Waals surface area (Å²) in [6.45, 7) is 5.99. The molecule has 2 aliphatic rings. The van der Waals surface area contributed by atoms with Gasteiger partial charge in [0.15, 0.2) is 5.65 Å². The molecule has 0 spiro atoms. The fourth-order valence-corrected chi connectivity index (χ4v) is 5.14. The molecule has 0 saturated carbocycles. The normalized spacial score (nSPS) is 23.5. The number of fused-ring (bicyclic) bond motifs is 1. The highest BCUT2D eigenvalue weighted by atomic mass is 35.5. The van der Waals surface area contributed by atoms with Crippen molar-refractivity contribution in [3.05, 3.63) is 51.5 Å². The zero-order chi connectivity index (χ0) is 23.3. The number of aromatic nitrogens is 4. The van der Waals surface area contributed by atoms with Gasteiger partial charge in [0, 0.05) is 43.4 Å². The van der Waals surface area contributed by atoms with Gasteiger partial charge in [0.1, 0.15) is 16.7 Å². The molecule has 1 N–H and O–H groups in total. The second-order valence-electron chi connectivity index (χ2n) is 9.04. The lowest BCUT2D eigenvalue weighted by Gasteiger charge is -2.34. The van der Waals surface area contributed by atoms with Gasteiger partial charge in [0.25, 0.3) is 5.91 Å². The average Bonchev–Trinajstić information content (AvgIpc) is 3.36. The van der Waals surface area contributed by atoms with Crippen molar-refractivity contribution in [3.8, 4) is 0 Å². The molecule has 10 heteroatoms. The molecule has 3 aromatic heterocycles. The lowest BCUT2D eigenvalue weighted by atomic mass is 9.99. The van der Waals surface area contributed by atoms with E-state index >= 15 is 0 Å². The lowest BCUT2D eigenvalue weighted by Crippen LogP contribution is -2.39. The third kappa shape index (κ3) is 4.16. The first-order chi connectivity index (χ1) is 15.8. The Kier molecular flexibility index (Phi) is 5.93. The number of rotatable bonds is 3. The van der Waals surface area contributed by atoms with E-state index in [-0.39, 0.29) is 39.8 Å². The van der Waals surface area contributed by atoms with Crippen molar-refractivity contribution in [2.45, 2.75) is 45.3 Å². The number of β-amino-alcohol motifs (C(OH)–C–C–N with tert-alkyl or cyclic N) is 1. The molecule has 3 aromatic rings. The number of nitrogens with zero attached hydrogens (tertiary/aromatic N) is 6. The summed E-state index contributed by atoms with van der Waals surface area (Å²) >= 11 is 12.3. The summed E-state index contributed by atoms with van der Waals surface area (Å²) in [7, 11) is 0. The van der Waals surface area contributed by atoms with E-state index in [1.54, 1.807) is 21.5 Å². The number of carbonyl (C=O) groups is 1. The number of anilines is 1. The Morgan fingerprint density at radius 3 is 2.76 bits per heavy atom. The van der Waals surface area contributed by atoms with Gasteiger partial charge in [-0.2, -0.15) is 5.10 Å². The van der Waals surface area contributed by atoms with Crippen LogP contribution in [0.25, 0.3) is 5.65 Å². The van der Waals surface area contributed by atoms with Gasteiger partial charge in [-0.3, -0.25) is 4.79 Å². The molecule has 3 atom stereocenters. The molecule has 0 aromatic carbocycles. The van der Waals surface area contributed by atoms with Crippen molar-refractivity contribution in [2.75, 3.05) is 24.5 Å². The standard InChI is InChI=1S/C23H26Cl2N6O2/c1-13-10-29(12-18(13)32)22-14(2)11-31-20(27-22)9-16(28-31)17-5-3-4-8-30(17)23(33)21-15(24)6-7-19(25)26-21/h6-7,9,11,13,17-18,32H,3-5,8,10,12H2,1-2H3/t13-,17+,18+/m1/s1. The zero-order valence-electron chi connectivity index (χ0n) is 18.6. The minimum atomic E-state index is -0.350. The van der Waals surface area contributed by atoms with Crippen LogP contribution in [0.1, 0.15) is 54.0 Å². The number of likely N-dealkylation sites (tertiary alicyclic amines) is 1. The molecular weight excluding hydrogens is 463 g/mol. The van der Waals surface area contributed by atoms with Gasteiger partial charge in [-0.15, -0.1) is 0 Å². The maximum atomic E-state index is 13.4. The monoisotopic (exact) mass is 488 g/mol. The summed E-state index contributed by atoms with van der Waals surface area (Å²) in [6.07, 6.45) is 4.32. The van der Waals surface area contributed by atoms with E-state index in [0.29, 0.717) is 13.1 Å². The largest absolute Gasteiger partial charge is 0.391 e. The highest BCUT2D eigenvalue weighted by Crippen LogP contribution is 2.34. The van der Waals surface area contributed by atoms with Gasteiger partial charge < -0.3 is 14.9 Å². The van der Waals surface area contributed by atoms with Gasteiger partial charge in [-0.1, -0.05) is 30.1 Å². The third-order valence-electron chi connectivity index (χ3n) is 6.62. The molecule has 174 valence electrons. The number of carbonyl (C=O) groups excluding carboxylic acids is 1. The highest BCUT2D eigenvalue weighted by molar-refractivity contribution is 6.34. The first kappa shape index (κ1) is 22.4. The molecule has 5 rings (SSSR count). The minimum absolute atomic E-state index is 0.165. The molecule has 33 heavy (non-hydrogen) atoms. The van der Waals surface area contributed by atoms with Crippen LogP contribution in [0.2, 0.25) is 10.2 Å². The molecular formula is C23H26Cl2N6O2. The zero-order valence-corrected chi connectivity index (χ0v) is 20.1. The number of hydrogen-bond acceptors (Lipinski definition) is 6. The number of amides is 1. The maximum Gasteiger partial charge on any atom is 0.274 e. The van der Waals surface area contributed by atoms with Crippen LogP contribution in [0, 0.1) is 12.8 Å². The Labute approximate surface area is 202 Å². The summed E-state index contributed by atoms with van der Waals surface area (Å²) in [6, 6.07) is 4.92. The van der Waals surface area contributed by atoms with Crippen LogP contribution in [-0.4, -0.2) is 61.2 Å². The van der Waals surface area contributed by atoms with Crippen LogP contribution in [0.4, 0.5) is 5.82 Å². The predicted molar refractivity (Wildman–Crippen MR) is 127 cm³/mol. The summed E-state index contributed by atoms with van der Waals surface area (Å²) in [5.41, 5.74) is 2.67. The number of hydrogen-bond donors (Lipinski definition) is 1. The van der Waals surface area contributed by atoms with E-state index in [0.717, 1.165) is 48.5 Å². The van der Waals surface area contributed by atoms with Crippen molar-refractivity contribution in [2.24, 2.45) is 5.92 Å². The number of aryl methyl sites for hydroxylation is 1. The molecule has 2 fully saturated rings. The molecule has 1 amide bonds. The average molecular weight is 489 g/mol. The summed E-state index contributed by atoms with van der Waals surface area (Å²) in [4.78, 5) is 26.3. The molecule has 0 unspecified atom stereocenters. The van der Waals surface area contributed by atoms with Crippen molar-refractivity contribution in [1.82, 2.24) is 24.5 Å². The van der Waals surface area contributed by atoms with E-state index in [2.05, 4.69) is 9.88 Å². The number of halogens is 2. The predicted octanol–water partition coefficient (Wildman–Crippen LogP) is 3.92. The first-order valence-electron chi connectivity index (χ1n) is 11.2. The van der Waals surface area contributed by atoms with Gasteiger partial charge in [0.05, 0.1) is 22.9 Å². The second kappa shape index (κ2) is 8.74. The number of pyridine rings is 1.